The van der Waals surface area contributed by atoms with Crippen LogP contribution in [0.2, 0.25) is 5.02 Å². The minimum atomic E-state index is -0.585. The van der Waals surface area contributed by atoms with Crippen LogP contribution in [0.5, 0.6) is 0 Å². The van der Waals surface area contributed by atoms with E-state index in [1.165, 1.54) is 35.2 Å². The average molecular weight is 264 g/mol. The van der Waals surface area contributed by atoms with Crippen LogP contribution >= 0.6 is 11.6 Å². The van der Waals surface area contributed by atoms with Crippen LogP contribution in [0.4, 0.5) is 4.39 Å². The first-order chi connectivity index (χ1) is 8.60. The van der Waals surface area contributed by atoms with Crippen molar-refractivity contribution in [2.45, 2.75) is 6.54 Å². The lowest BCUT2D eigenvalue weighted by Gasteiger charge is -2.05. The van der Waals surface area contributed by atoms with Crippen molar-refractivity contribution in [3.63, 3.8) is 0 Å². The molecule has 0 saturated carbocycles. The Labute approximate surface area is 107 Å². The van der Waals surface area contributed by atoms with Crippen molar-refractivity contribution in [2.75, 3.05) is 0 Å². The largest absolute Gasteiger partial charge is 0.347 e. The molecule has 0 saturated heterocycles. The lowest BCUT2D eigenvalue weighted by atomic mass is 10.1. The van der Waals surface area contributed by atoms with E-state index < -0.39 is 11.5 Å². The van der Waals surface area contributed by atoms with Gasteiger partial charge in [-0.1, -0.05) is 17.7 Å². The van der Waals surface area contributed by atoms with Gasteiger partial charge in [0.1, 0.15) is 11.9 Å². The van der Waals surface area contributed by atoms with E-state index in [4.69, 9.17) is 16.9 Å². The first-order valence-corrected chi connectivity index (χ1v) is 5.38. The highest BCUT2D eigenvalue weighted by molar-refractivity contribution is 6.30. The predicted octanol–water partition coefficient (Wildman–Crippen LogP) is 1.96. The van der Waals surface area contributed by atoms with E-state index in [0.717, 1.165) is 0 Å². The summed E-state index contributed by atoms with van der Waals surface area (Å²) in [5, 5.41) is 9.05. The van der Waals surface area contributed by atoms with Crippen LogP contribution < -0.4 is 5.69 Å². The lowest BCUT2D eigenvalue weighted by molar-refractivity contribution is 0.621. The predicted molar refractivity (Wildman–Crippen MR) is 63.7 cm³/mol. The molecule has 0 bridgehead atoms. The molecule has 0 atom stereocenters. The van der Waals surface area contributed by atoms with Gasteiger partial charge >= 0.3 is 5.69 Å². The van der Waals surface area contributed by atoms with Crippen molar-refractivity contribution in [1.29, 1.82) is 5.26 Å². The third kappa shape index (κ3) is 2.55. The maximum atomic E-state index is 13.1. The summed E-state index contributed by atoms with van der Waals surface area (Å²) >= 11 is 5.73. The molecule has 0 amide bonds. The molecule has 0 aliphatic rings. The van der Waals surface area contributed by atoms with Crippen LogP contribution in [-0.2, 0) is 6.54 Å². The molecule has 0 spiro atoms. The van der Waals surface area contributed by atoms with Gasteiger partial charge in [0.05, 0.1) is 23.3 Å². The summed E-state index contributed by atoms with van der Waals surface area (Å²) in [6, 6.07) is 5.83. The Balaban J connectivity index is 2.38. The highest BCUT2D eigenvalue weighted by Crippen LogP contribution is 2.11. The maximum absolute atomic E-state index is 13.1. The van der Waals surface area contributed by atoms with Crippen LogP contribution in [0.15, 0.2) is 35.4 Å². The van der Waals surface area contributed by atoms with E-state index >= 15 is 0 Å². The van der Waals surface area contributed by atoms with Gasteiger partial charge in [0.2, 0.25) is 0 Å². The molecule has 2 rings (SSSR count). The van der Waals surface area contributed by atoms with E-state index in [0.29, 0.717) is 10.6 Å². The number of nitrogens with zero attached hydrogens (tertiary/aromatic N) is 3. The molecule has 0 unspecified atom stereocenters. The van der Waals surface area contributed by atoms with Crippen molar-refractivity contribution in [2.24, 2.45) is 0 Å². The Hall–Kier alpha value is -2.19. The molecule has 0 aliphatic carbocycles. The quantitative estimate of drug-likeness (QED) is 0.832. The van der Waals surface area contributed by atoms with Crippen molar-refractivity contribution in [3.05, 3.63) is 63.0 Å². The van der Waals surface area contributed by atoms with Crippen LogP contribution in [0.1, 0.15) is 11.1 Å². The minimum Gasteiger partial charge on any atom is -0.293 e. The van der Waals surface area contributed by atoms with Crippen molar-refractivity contribution >= 4 is 11.6 Å². The molecular weight excluding hydrogens is 257 g/mol. The number of aromatic nitrogens is 2. The fourth-order valence-corrected chi connectivity index (χ4v) is 1.66. The molecule has 0 aliphatic heterocycles. The topological polar surface area (TPSA) is 58.7 Å². The van der Waals surface area contributed by atoms with Crippen molar-refractivity contribution in [1.82, 2.24) is 9.55 Å². The second-order valence-electron chi connectivity index (χ2n) is 3.61. The van der Waals surface area contributed by atoms with Gasteiger partial charge in [-0.05, 0) is 17.7 Å². The van der Waals surface area contributed by atoms with Gasteiger partial charge in [0, 0.05) is 6.20 Å². The summed E-state index contributed by atoms with van der Waals surface area (Å²) in [6.07, 6.45) is 2.69. The smallest absolute Gasteiger partial charge is 0.293 e. The second-order valence-corrected chi connectivity index (χ2v) is 4.05. The standard InChI is InChI=1S/C12H7ClFN3O/c13-10-5-16-12(18)17(7-10)6-8-1-2-11(14)9(3-8)4-15/h1-3,5,7H,6H2. The van der Waals surface area contributed by atoms with E-state index in [9.17, 15) is 9.18 Å². The average Bonchev–Trinajstić information content (AvgIpc) is 2.36. The Morgan fingerprint density at radius 2 is 2.28 bits per heavy atom. The number of benzene rings is 1. The zero-order chi connectivity index (χ0) is 13.1. The highest BCUT2D eigenvalue weighted by Gasteiger charge is 2.05. The number of halogens is 2. The fraction of sp³-hybridized carbons (Fsp3) is 0.0833. The SMILES string of the molecule is N#Cc1cc(Cn2cc(Cl)cnc2=O)ccc1F. The third-order valence-electron chi connectivity index (χ3n) is 2.33. The number of rotatable bonds is 2. The zero-order valence-electron chi connectivity index (χ0n) is 9.10. The molecule has 1 heterocycles. The number of nitriles is 1. The van der Waals surface area contributed by atoms with Crippen molar-refractivity contribution < 1.29 is 4.39 Å². The molecule has 18 heavy (non-hydrogen) atoms. The first kappa shape index (κ1) is 12.3. The Kier molecular flexibility index (Phi) is 3.40. The molecule has 4 nitrogen and oxygen atoms in total. The molecule has 0 radical (unpaired) electrons. The van der Waals surface area contributed by atoms with Crippen LogP contribution in [-0.4, -0.2) is 9.55 Å². The normalized spacial score (nSPS) is 10.1. The molecule has 1 aromatic carbocycles. The van der Waals surface area contributed by atoms with Gasteiger partial charge in [-0.25, -0.2) is 14.2 Å². The molecule has 1 aromatic heterocycles. The van der Waals surface area contributed by atoms with Gasteiger partial charge in [0.25, 0.3) is 0 Å². The first-order valence-electron chi connectivity index (χ1n) is 5.00. The van der Waals surface area contributed by atoms with Crippen LogP contribution in [0, 0.1) is 17.1 Å². The summed E-state index contributed by atoms with van der Waals surface area (Å²) in [5.41, 5.74) is 0.108. The van der Waals surface area contributed by atoms with Crippen molar-refractivity contribution in [3.8, 4) is 6.07 Å². The summed E-state index contributed by atoms with van der Waals surface area (Å²) in [6.45, 7) is 0.182. The monoisotopic (exact) mass is 263 g/mol. The second kappa shape index (κ2) is 4.98. The van der Waals surface area contributed by atoms with Gasteiger partial charge in [-0.15, -0.1) is 0 Å². The molecule has 6 heteroatoms. The van der Waals surface area contributed by atoms with Crippen LogP contribution in [0.25, 0.3) is 0 Å². The van der Waals surface area contributed by atoms with Gasteiger partial charge in [0.15, 0.2) is 0 Å². The minimum absolute atomic E-state index is 0.0597. The number of hydrogen-bond donors (Lipinski definition) is 0. The van der Waals surface area contributed by atoms with E-state index in [1.54, 1.807) is 6.07 Å². The molecule has 0 fully saturated rings. The molecule has 90 valence electrons. The third-order valence-corrected chi connectivity index (χ3v) is 2.52. The Morgan fingerprint density at radius 3 is 3.00 bits per heavy atom. The zero-order valence-corrected chi connectivity index (χ0v) is 9.86. The van der Waals surface area contributed by atoms with E-state index in [2.05, 4.69) is 4.98 Å². The summed E-state index contributed by atoms with van der Waals surface area (Å²) in [5.74, 6) is -0.585. The Bertz CT molecular complexity index is 690. The highest BCUT2D eigenvalue weighted by atomic mass is 35.5. The van der Waals surface area contributed by atoms with E-state index in [1.807, 2.05) is 0 Å². The van der Waals surface area contributed by atoms with Gasteiger partial charge in [-0.3, -0.25) is 4.57 Å². The Morgan fingerprint density at radius 1 is 1.50 bits per heavy atom. The fourth-order valence-electron chi connectivity index (χ4n) is 1.49. The van der Waals surface area contributed by atoms with Gasteiger partial charge in [-0.2, -0.15) is 5.26 Å². The summed E-state index contributed by atoms with van der Waals surface area (Å²) in [7, 11) is 0. The summed E-state index contributed by atoms with van der Waals surface area (Å²) < 4.78 is 14.4. The van der Waals surface area contributed by atoms with Crippen LogP contribution in [0.3, 0.4) is 0 Å². The summed E-state index contributed by atoms with van der Waals surface area (Å²) in [4.78, 5) is 15.0. The van der Waals surface area contributed by atoms with E-state index in [-0.39, 0.29) is 12.1 Å². The molecule has 2 aromatic rings. The lowest BCUT2D eigenvalue weighted by Crippen LogP contribution is -2.22. The number of hydrogen-bond acceptors (Lipinski definition) is 3. The molecule has 0 N–H and O–H groups in total. The maximum Gasteiger partial charge on any atom is 0.347 e. The van der Waals surface area contributed by atoms with Gasteiger partial charge < -0.3 is 0 Å². The molecular formula is C12H7ClFN3O.